The molecule has 0 radical (unpaired) electrons. The largest absolute Gasteiger partial charge is 0.493 e. The average Bonchev–Trinajstić information content (AvgIpc) is 3.13. The van der Waals surface area contributed by atoms with Crippen molar-refractivity contribution in [2.75, 3.05) is 28.5 Å². The zero-order valence-corrected chi connectivity index (χ0v) is 24.0. The summed E-state index contributed by atoms with van der Waals surface area (Å²) in [6.07, 6.45) is 0.855. The van der Waals surface area contributed by atoms with Gasteiger partial charge in [-0.05, 0) is 68.5 Å². The Balaban J connectivity index is 1.71. The molecule has 3 heterocycles. The number of nitrogens with one attached hydrogen (secondary N) is 2. The molecule has 1 aliphatic rings. The maximum absolute atomic E-state index is 14.5. The van der Waals surface area contributed by atoms with E-state index in [-0.39, 0.29) is 34.6 Å². The van der Waals surface area contributed by atoms with Crippen LogP contribution in [0, 0.1) is 17.7 Å². The Labute approximate surface area is 234 Å². The Kier molecular flexibility index (Phi) is 8.20. The van der Waals surface area contributed by atoms with Gasteiger partial charge in [0.2, 0.25) is 0 Å². The average molecular weight is 571 g/mol. The molecule has 0 saturated carbocycles. The molecule has 4 N–H and O–H groups in total. The van der Waals surface area contributed by atoms with Crippen molar-refractivity contribution in [2.45, 2.75) is 46.6 Å². The van der Waals surface area contributed by atoms with E-state index in [1.807, 2.05) is 37.3 Å². The molecule has 3 aromatic rings. The third kappa shape index (κ3) is 6.61. The molecular weight excluding hydrogens is 535 g/mol. The van der Waals surface area contributed by atoms with E-state index in [4.69, 9.17) is 15.5 Å². The smallest absolute Gasteiger partial charge is 0.325 e. The second-order valence-corrected chi connectivity index (χ2v) is 12.3. The number of carbonyl (C=O) groups is 1. The highest BCUT2D eigenvalue weighted by molar-refractivity contribution is 7.91. The zero-order valence-electron chi connectivity index (χ0n) is 23.2. The van der Waals surface area contributed by atoms with Crippen LogP contribution in [0.15, 0.2) is 48.5 Å². The summed E-state index contributed by atoms with van der Waals surface area (Å²) in [4.78, 5) is 24.0. The van der Waals surface area contributed by atoms with E-state index in [9.17, 15) is 17.6 Å². The number of amides is 1. The van der Waals surface area contributed by atoms with Crippen molar-refractivity contribution in [3.8, 4) is 17.0 Å². The number of halogens is 1. The molecule has 1 atom stereocenters. The first kappa shape index (κ1) is 29.1. The van der Waals surface area contributed by atoms with Gasteiger partial charge in [-0.1, -0.05) is 26.8 Å². The van der Waals surface area contributed by atoms with Crippen LogP contribution in [-0.4, -0.2) is 43.0 Å². The van der Waals surface area contributed by atoms with Gasteiger partial charge in [0.05, 0.1) is 17.9 Å². The highest BCUT2D eigenvalue weighted by atomic mass is 32.2. The lowest BCUT2D eigenvalue weighted by Gasteiger charge is -2.36. The molecule has 1 aromatic carbocycles. The number of hydrogen-bond donors (Lipinski definition) is 3. The Morgan fingerprint density at radius 1 is 1.20 bits per heavy atom. The van der Waals surface area contributed by atoms with Crippen LogP contribution in [0.25, 0.3) is 11.3 Å². The highest BCUT2D eigenvalue weighted by Crippen LogP contribution is 2.39. The summed E-state index contributed by atoms with van der Waals surface area (Å²) in [6, 6.07) is 11.9. The van der Waals surface area contributed by atoms with Gasteiger partial charge in [-0.25, -0.2) is 19.1 Å². The Hall–Kier alpha value is -3.93. The number of ether oxygens (including phenoxy) is 1. The van der Waals surface area contributed by atoms with Crippen LogP contribution in [0.2, 0.25) is 0 Å². The van der Waals surface area contributed by atoms with E-state index < -0.39 is 21.9 Å². The molecule has 1 amide bonds. The lowest BCUT2D eigenvalue weighted by molar-refractivity contribution is 0.0981. The first-order valence-electron chi connectivity index (χ1n) is 13.0. The molecule has 40 heavy (non-hydrogen) atoms. The Morgan fingerprint density at radius 2 is 1.95 bits per heavy atom. The number of nitrogen functional groups attached to an aromatic ring is 1. The van der Waals surface area contributed by atoms with Crippen LogP contribution in [0.5, 0.6) is 5.75 Å². The summed E-state index contributed by atoms with van der Waals surface area (Å²) in [5, 5.41) is 0. The minimum absolute atomic E-state index is 0.0370. The van der Waals surface area contributed by atoms with Gasteiger partial charge in [-0.3, -0.25) is 9.52 Å². The molecular formula is C28H35FN6O4S. The summed E-state index contributed by atoms with van der Waals surface area (Å²) in [5.74, 6) is -0.0653. The first-order valence-corrected chi connectivity index (χ1v) is 14.5. The highest BCUT2D eigenvalue weighted by Gasteiger charge is 2.41. The molecule has 0 aliphatic carbocycles. The summed E-state index contributed by atoms with van der Waals surface area (Å²) < 4.78 is 50.0. The van der Waals surface area contributed by atoms with E-state index in [1.165, 1.54) is 36.4 Å². The van der Waals surface area contributed by atoms with E-state index in [0.29, 0.717) is 36.0 Å². The second kappa shape index (κ2) is 11.3. The molecule has 1 unspecified atom stereocenters. The summed E-state index contributed by atoms with van der Waals surface area (Å²) in [7, 11) is -4.35. The first-order chi connectivity index (χ1) is 18.7. The van der Waals surface area contributed by atoms with Crippen molar-refractivity contribution in [1.29, 1.82) is 0 Å². The molecule has 1 fully saturated rings. The maximum atomic E-state index is 14.5. The number of benzene rings is 1. The topological polar surface area (TPSA) is 140 Å². The van der Waals surface area contributed by atoms with Crippen molar-refractivity contribution in [2.24, 2.45) is 11.8 Å². The predicted octanol–water partition coefficient (Wildman–Crippen LogP) is 4.61. The van der Waals surface area contributed by atoms with Gasteiger partial charge >= 0.3 is 10.2 Å². The summed E-state index contributed by atoms with van der Waals surface area (Å²) in [6.45, 7) is 11.2. The van der Waals surface area contributed by atoms with E-state index in [0.717, 1.165) is 6.42 Å². The Bertz CT molecular complexity index is 1510. The predicted molar refractivity (Wildman–Crippen MR) is 154 cm³/mol. The zero-order chi connectivity index (χ0) is 29.2. The van der Waals surface area contributed by atoms with Crippen LogP contribution >= 0.6 is 0 Å². The third-order valence-corrected chi connectivity index (χ3v) is 7.98. The van der Waals surface area contributed by atoms with E-state index in [2.05, 4.69) is 16.6 Å². The molecule has 0 spiro atoms. The van der Waals surface area contributed by atoms with E-state index >= 15 is 0 Å². The second-order valence-electron chi connectivity index (χ2n) is 10.9. The number of anilines is 3. The van der Waals surface area contributed by atoms with Gasteiger partial charge in [0.1, 0.15) is 29.0 Å². The van der Waals surface area contributed by atoms with Gasteiger partial charge in [0, 0.05) is 23.7 Å². The van der Waals surface area contributed by atoms with Crippen LogP contribution in [0.1, 0.15) is 51.4 Å². The SMILES string of the molecule is CC(C)COc1cc(F)cc(-c2ccc(C(=O)NS(=O)(=O)Nc3cccc(N)n3)c(N3CCC(C)C3(C)C)n2)c1. The number of nitrogens with zero attached hydrogens (tertiary/aromatic N) is 3. The van der Waals surface area contributed by atoms with Crippen LogP contribution in [0.3, 0.4) is 0 Å². The van der Waals surface area contributed by atoms with Crippen molar-refractivity contribution in [3.63, 3.8) is 0 Å². The van der Waals surface area contributed by atoms with E-state index in [1.54, 1.807) is 12.1 Å². The summed E-state index contributed by atoms with van der Waals surface area (Å²) in [5.41, 5.74) is 6.20. The number of aromatic nitrogens is 2. The summed E-state index contributed by atoms with van der Waals surface area (Å²) >= 11 is 0. The third-order valence-electron chi connectivity index (χ3n) is 7.05. The van der Waals surface area contributed by atoms with Gasteiger partial charge in [0.25, 0.3) is 5.91 Å². The fourth-order valence-electron chi connectivity index (χ4n) is 4.51. The van der Waals surface area contributed by atoms with Gasteiger partial charge in [0.15, 0.2) is 0 Å². The monoisotopic (exact) mass is 570 g/mol. The van der Waals surface area contributed by atoms with Crippen molar-refractivity contribution in [1.82, 2.24) is 14.7 Å². The molecule has 0 bridgehead atoms. The minimum atomic E-state index is -4.35. The number of hydrogen-bond acceptors (Lipinski definition) is 8. The van der Waals surface area contributed by atoms with Crippen LogP contribution in [0.4, 0.5) is 21.8 Å². The normalized spacial score (nSPS) is 16.7. The molecule has 1 saturated heterocycles. The molecule has 2 aromatic heterocycles. The molecule has 1 aliphatic heterocycles. The quantitative estimate of drug-likeness (QED) is 0.339. The number of nitrogens with two attached hydrogens (primary N) is 1. The van der Waals surface area contributed by atoms with Gasteiger partial charge in [-0.15, -0.1) is 0 Å². The van der Waals surface area contributed by atoms with Crippen molar-refractivity contribution in [3.05, 3.63) is 59.9 Å². The van der Waals surface area contributed by atoms with Gasteiger partial charge in [-0.2, -0.15) is 8.42 Å². The minimum Gasteiger partial charge on any atom is -0.493 e. The van der Waals surface area contributed by atoms with Crippen molar-refractivity contribution < 1.29 is 22.3 Å². The molecule has 12 heteroatoms. The number of carbonyl (C=O) groups excluding carboxylic acids is 1. The maximum Gasteiger partial charge on any atom is 0.325 e. The number of rotatable bonds is 9. The molecule has 4 rings (SSSR count). The lowest BCUT2D eigenvalue weighted by atomic mass is 9.90. The van der Waals surface area contributed by atoms with Crippen LogP contribution in [-0.2, 0) is 10.2 Å². The van der Waals surface area contributed by atoms with Gasteiger partial charge < -0.3 is 15.4 Å². The molecule has 214 valence electrons. The Morgan fingerprint density at radius 3 is 2.60 bits per heavy atom. The number of pyridine rings is 2. The van der Waals surface area contributed by atoms with Crippen molar-refractivity contribution >= 4 is 33.6 Å². The fraction of sp³-hybridized carbons (Fsp3) is 0.393. The van der Waals surface area contributed by atoms with Crippen LogP contribution < -0.4 is 24.8 Å². The lowest BCUT2D eigenvalue weighted by Crippen LogP contribution is -2.44. The fourth-order valence-corrected chi connectivity index (χ4v) is 5.30. The standard InChI is InChI=1S/C28H35FN6O4S/c1-17(2)16-39-21-14-19(13-20(29)15-21)23-10-9-22(26(31-23)35-12-11-18(3)28(35,4)5)27(36)34-40(37,38)33-25-8-6-7-24(30)32-25/h6-10,13-15,17-18H,11-12,16H2,1-5H3,(H,34,36)(H3,30,32,33). The molecule has 10 nitrogen and oxygen atoms in total.